The van der Waals surface area contributed by atoms with Crippen LogP contribution in [0.25, 0.3) is 0 Å². The van der Waals surface area contributed by atoms with Crippen molar-refractivity contribution in [3.05, 3.63) is 29.6 Å². The van der Waals surface area contributed by atoms with Crippen LogP contribution >= 0.6 is 11.8 Å². The first kappa shape index (κ1) is 12.3. The number of benzene rings is 1. The van der Waals surface area contributed by atoms with E-state index in [0.29, 0.717) is 5.69 Å². The monoisotopic (exact) mass is 250 g/mol. The van der Waals surface area contributed by atoms with Crippen LogP contribution < -0.4 is 5.32 Å². The fourth-order valence-electron chi connectivity index (χ4n) is 2.07. The summed E-state index contributed by atoms with van der Waals surface area (Å²) in [6.45, 7) is 0.798. The Labute approximate surface area is 105 Å². The van der Waals surface area contributed by atoms with Crippen LogP contribution in [-0.4, -0.2) is 17.5 Å². The predicted octanol–water partition coefficient (Wildman–Crippen LogP) is 3.39. The fraction of sp³-hybridized carbons (Fsp3) is 0.462. The highest BCUT2D eigenvalue weighted by Crippen LogP contribution is 2.42. The molecule has 90 valence electrons. The molecule has 0 bridgehead atoms. The maximum atomic E-state index is 13.4. The minimum absolute atomic E-state index is 0.114. The number of thioether (sulfide) groups is 1. The van der Waals surface area contributed by atoms with Crippen LogP contribution in [0.1, 0.15) is 24.8 Å². The highest BCUT2D eigenvalue weighted by Gasteiger charge is 2.35. The van der Waals surface area contributed by atoms with Gasteiger partial charge in [-0.25, -0.2) is 4.39 Å². The first-order chi connectivity index (χ1) is 8.21. The lowest BCUT2D eigenvalue weighted by atomic mass is 9.84. The van der Waals surface area contributed by atoms with Crippen molar-refractivity contribution in [3.63, 3.8) is 0 Å². The summed E-state index contributed by atoms with van der Waals surface area (Å²) in [4.78, 5) is 0. The van der Waals surface area contributed by atoms with Gasteiger partial charge < -0.3 is 5.32 Å². The lowest BCUT2D eigenvalue weighted by Crippen LogP contribution is -2.40. The molecule has 0 heterocycles. The van der Waals surface area contributed by atoms with E-state index in [1.54, 1.807) is 12.1 Å². The molecule has 0 atom stereocenters. The molecule has 1 aliphatic carbocycles. The minimum Gasteiger partial charge on any atom is -0.382 e. The topological polar surface area (TPSA) is 35.8 Å². The van der Waals surface area contributed by atoms with Gasteiger partial charge in [-0.1, -0.05) is 12.5 Å². The van der Waals surface area contributed by atoms with Gasteiger partial charge in [0.1, 0.15) is 17.4 Å². The molecule has 0 saturated heterocycles. The van der Waals surface area contributed by atoms with Crippen LogP contribution in [0.2, 0.25) is 0 Å². The van der Waals surface area contributed by atoms with Crippen molar-refractivity contribution < 1.29 is 4.39 Å². The molecular formula is C13H15FN2S. The second kappa shape index (κ2) is 4.97. The molecule has 1 aromatic carbocycles. The Hall–Kier alpha value is -1.21. The zero-order valence-corrected chi connectivity index (χ0v) is 10.6. The van der Waals surface area contributed by atoms with Gasteiger partial charge in [0.05, 0.1) is 5.69 Å². The average molecular weight is 250 g/mol. The van der Waals surface area contributed by atoms with Crippen molar-refractivity contribution in [2.45, 2.75) is 24.0 Å². The maximum Gasteiger partial charge on any atom is 0.143 e. The molecule has 1 aliphatic rings. The van der Waals surface area contributed by atoms with Gasteiger partial charge in [-0.3, -0.25) is 0 Å². The second-order valence-corrected chi connectivity index (χ2v) is 5.64. The normalized spacial score (nSPS) is 17.0. The number of halogens is 1. The first-order valence-electron chi connectivity index (χ1n) is 5.68. The van der Waals surface area contributed by atoms with Crippen LogP contribution in [0.4, 0.5) is 10.1 Å². The highest BCUT2D eigenvalue weighted by atomic mass is 32.2. The number of hydrogen-bond acceptors (Lipinski definition) is 3. The number of hydrogen-bond donors (Lipinski definition) is 1. The Bertz CT molecular complexity index is 444. The summed E-state index contributed by atoms with van der Waals surface area (Å²) in [5.41, 5.74) is 0.718. The molecular weight excluding hydrogens is 235 g/mol. The lowest BCUT2D eigenvalue weighted by Gasteiger charge is -2.40. The van der Waals surface area contributed by atoms with Gasteiger partial charge in [-0.2, -0.15) is 17.0 Å². The van der Waals surface area contributed by atoms with E-state index in [1.807, 2.05) is 17.8 Å². The third kappa shape index (κ3) is 2.39. The zero-order valence-electron chi connectivity index (χ0n) is 9.79. The van der Waals surface area contributed by atoms with Gasteiger partial charge in [0.25, 0.3) is 0 Å². The molecule has 0 amide bonds. The summed E-state index contributed by atoms with van der Waals surface area (Å²) in [6, 6.07) is 6.61. The lowest BCUT2D eigenvalue weighted by molar-refractivity contribution is 0.380. The van der Waals surface area contributed by atoms with E-state index in [1.165, 1.54) is 25.3 Å². The Kier molecular flexibility index (Phi) is 3.58. The van der Waals surface area contributed by atoms with Gasteiger partial charge >= 0.3 is 0 Å². The van der Waals surface area contributed by atoms with Crippen molar-refractivity contribution in [3.8, 4) is 6.07 Å². The maximum absolute atomic E-state index is 13.4. The quantitative estimate of drug-likeness (QED) is 0.889. The molecule has 1 saturated carbocycles. The third-order valence-corrected chi connectivity index (χ3v) is 4.84. The SMILES string of the molecule is CSC1(CNc2cccc(F)c2C#N)CCC1. The van der Waals surface area contributed by atoms with E-state index < -0.39 is 5.82 Å². The standard InChI is InChI=1S/C13H15FN2S/c1-17-13(6-3-7-13)9-16-12-5-2-4-11(14)10(12)8-15/h2,4-5,16H,3,6-7,9H2,1H3. The molecule has 0 unspecified atom stereocenters. The summed E-state index contributed by atoms with van der Waals surface area (Å²) >= 11 is 1.86. The summed E-state index contributed by atoms with van der Waals surface area (Å²) in [5.74, 6) is -0.454. The number of nitrogens with zero attached hydrogens (tertiary/aromatic N) is 1. The van der Waals surface area contributed by atoms with Crippen LogP contribution in [-0.2, 0) is 0 Å². The molecule has 4 heteroatoms. The van der Waals surface area contributed by atoms with Gasteiger partial charge in [-0.15, -0.1) is 0 Å². The molecule has 2 rings (SSSR count). The Morgan fingerprint density at radius 2 is 2.29 bits per heavy atom. The van der Waals surface area contributed by atoms with Crippen LogP contribution in [0.15, 0.2) is 18.2 Å². The van der Waals surface area contributed by atoms with Gasteiger partial charge in [0.2, 0.25) is 0 Å². The second-order valence-electron chi connectivity index (χ2n) is 4.37. The van der Waals surface area contributed by atoms with Gasteiger partial charge in [0, 0.05) is 11.3 Å². The smallest absolute Gasteiger partial charge is 0.143 e. The summed E-state index contributed by atoms with van der Waals surface area (Å²) in [5, 5.41) is 12.1. The van der Waals surface area contributed by atoms with Crippen LogP contribution in [0.3, 0.4) is 0 Å². The largest absolute Gasteiger partial charge is 0.382 e. The third-order valence-electron chi connectivity index (χ3n) is 3.42. The molecule has 0 spiro atoms. The van der Waals surface area contributed by atoms with Crippen molar-refractivity contribution in [1.82, 2.24) is 0 Å². The van der Waals surface area contributed by atoms with E-state index in [4.69, 9.17) is 5.26 Å². The summed E-state index contributed by atoms with van der Waals surface area (Å²) < 4.78 is 13.7. The molecule has 2 nitrogen and oxygen atoms in total. The van der Waals surface area contributed by atoms with Crippen molar-refractivity contribution in [2.75, 3.05) is 18.1 Å². The Morgan fingerprint density at radius 3 is 2.82 bits per heavy atom. The zero-order chi connectivity index (χ0) is 12.3. The number of anilines is 1. The molecule has 1 aromatic rings. The highest BCUT2D eigenvalue weighted by molar-refractivity contribution is 8.00. The van der Waals surface area contributed by atoms with Crippen molar-refractivity contribution in [2.24, 2.45) is 0 Å². The van der Waals surface area contributed by atoms with E-state index >= 15 is 0 Å². The van der Waals surface area contributed by atoms with Crippen LogP contribution in [0, 0.1) is 17.1 Å². The Balaban J connectivity index is 2.09. The predicted molar refractivity (Wildman–Crippen MR) is 69.7 cm³/mol. The summed E-state index contributed by atoms with van der Waals surface area (Å²) in [7, 11) is 0. The van der Waals surface area contributed by atoms with Crippen molar-refractivity contribution in [1.29, 1.82) is 5.26 Å². The molecule has 0 aromatic heterocycles. The Morgan fingerprint density at radius 1 is 1.53 bits per heavy atom. The molecule has 17 heavy (non-hydrogen) atoms. The first-order valence-corrected chi connectivity index (χ1v) is 6.91. The van der Waals surface area contributed by atoms with Gasteiger partial charge in [0.15, 0.2) is 0 Å². The van der Waals surface area contributed by atoms with Gasteiger partial charge in [-0.05, 0) is 31.2 Å². The molecule has 1 N–H and O–H groups in total. The summed E-state index contributed by atoms with van der Waals surface area (Å²) in [6.07, 6.45) is 5.76. The number of rotatable bonds is 4. The minimum atomic E-state index is -0.454. The molecule has 0 aliphatic heterocycles. The molecule has 1 fully saturated rings. The van der Waals surface area contributed by atoms with E-state index in [0.717, 1.165) is 6.54 Å². The van der Waals surface area contributed by atoms with Crippen LogP contribution in [0.5, 0.6) is 0 Å². The fourth-order valence-corrected chi connectivity index (χ4v) is 2.98. The van der Waals surface area contributed by atoms with E-state index in [2.05, 4.69) is 11.6 Å². The average Bonchev–Trinajstić information content (AvgIpc) is 2.28. The number of nitriles is 1. The number of nitrogens with one attached hydrogen (secondary N) is 1. The molecule has 0 radical (unpaired) electrons. The van der Waals surface area contributed by atoms with Crippen molar-refractivity contribution >= 4 is 17.4 Å². The van der Waals surface area contributed by atoms with E-state index in [-0.39, 0.29) is 10.3 Å². The van der Waals surface area contributed by atoms with E-state index in [9.17, 15) is 4.39 Å².